The van der Waals surface area contributed by atoms with Gasteiger partial charge in [-0.3, -0.25) is 10.7 Å². The highest BCUT2D eigenvalue weighted by molar-refractivity contribution is 5.92. The van der Waals surface area contributed by atoms with Gasteiger partial charge in [-0.05, 0) is 18.2 Å². The van der Waals surface area contributed by atoms with Crippen molar-refractivity contribution in [2.75, 3.05) is 0 Å². The smallest absolute Gasteiger partial charge is 0.475 e. The molecule has 0 saturated carbocycles. The summed E-state index contributed by atoms with van der Waals surface area (Å²) in [5, 5.41) is 10.1. The van der Waals surface area contributed by atoms with E-state index in [4.69, 9.17) is 21.4 Å². The van der Waals surface area contributed by atoms with Gasteiger partial charge in [0, 0.05) is 24.5 Å². The summed E-state index contributed by atoms with van der Waals surface area (Å²) in [7, 11) is 0. The van der Waals surface area contributed by atoms with E-state index in [1.165, 1.54) is 0 Å². The first-order chi connectivity index (χ1) is 10.1. The van der Waals surface area contributed by atoms with Gasteiger partial charge in [0.05, 0.1) is 0 Å². The molecule has 1 aromatic heterocycles. The van der Waals surface area contributed by atoms with Crippen LogP contribution in [0, 0.1) is 0 Å². The monoisotopic (exact) mass is 317 g/mol. The van der Waals surface area contributed by atoms with Crippen LogP contribution in [0.2, 0.25) is 0 Å². The number of nitrogens with one attached hydrogen (secondary N) is 1. The first kappa shape index (κ1) is 17.4. The van der Waals surface area contributed by atoms with Crippen molar-refractivity contribution in [2.24, 2.45) is 16.5 Å². The Morgan fingerprint density at radius 3 is 2.50 bits per heavy atom. The molecular weight excluding hydrogens is 303 g/mol. The van der Waals surface area contributed by atoms with Crippen LogP contribution in [0.15, 0.2) is 41.7 Å². The van der Waals surface area contributed by atoms with E-state index in [-0.39, 0.29) is 0 Å². The van der Waals surface area contributed by atoms with E-state index >= 15 is 0 Å². The molecular formula is C12H14F3N5O2. The van der Waals surface area contributed by atoms with Crippen LogP contribution >= 0.6 is 0 Å². The Hall–Kier alpha value is -2.62. The maximum Gasteiger partial charge on any atom is 0.490 e. The lowest BCUT2D eigenvalue weighted by Crippen LogP contribution is -2.54. The zero-order chi connectivity index (χ0) is 16.8. The fourth-order valence-corrected chi connectivity index (χ4v) is 1.44. The van der Waals surface area contributed by atoms with E-state index < -0.39 is 17.9 Å². The van der Waals surface area contributed by atoms with Crippen molar-refractivity contribution in [3.63, 3.8) is 0 Å². The normalized spacial score (nSPS) is 20.3. The first-order valence-electron chi connectivity index (χ1n) is 5.91. The third-order valence-corrected chi connectivity index (χ3v) is 2.34. The number of nitrogens with two attached hydrogens (primary N) is 2. The number of aliphatic carboxylic acids is 1. The average Bonchev–Trinajstić information content (AvgIpc) is 2.38. The van der Waals surface area contributed by atoms with Crippen LogP contribution in [0.4, 0.5) is 13.2 Å². The van der Waals surface area contributed by atoms with Gasteiger partial charge in [-0.1, -0.05) is 6.07 Å². The molecule has 0 spiro atoms. The molecule has 1 aromatic rings. The van der Waals surface area contributed by atoms with Crippen LogP contribution in [0.3, 0.4) is 0 Å². The minimum absolute atomic E-state index is 0.423. The molecule has 1 unspecified atom stereocenters. The molecule has 0 radical (unpaired) electrons. The molecule has 7 nitrogen and oxygen atoms in total. The summed E-state index contributed by atoms with van der Waals surface area (Å²) < 4.78 is 31.7. The summed E-state index contributed by atoms with van der Waals surface area (Å²) in [5.74, 6) is -3.22. The van der Waals surface area contributed by atoms with Gasteiger partial charge in [0.25, 0.3) is 0 Å². The molecule has 6 N–H and O–H groups in total. The maximum atomic E-state index is 10.6. The van der Waals surface area contributed by atoms with Gasteiger partial charge in [-0.15, -0.1) is 0 Å². The Morgan fingerprint density at radius 2 is 2.05 bits per heavy atom. The summed E-state index contributed by atoms with van der Waals surface area (Å²) in [5.41, 5.74) is 12.5. The van der Waals surface area contributed by atoms with Crippen molar-refractivity contribution < 1.29 is 23.1 Å². The number of amidine groups is 1. The standard InChI is InChI=1S/C10H13N5.C2HF3O2/c11-9-4-6-14-10(12,15-9)7-8-3-1-2-5-13-8;3-2(4,5)1(6)7/h1-6,14H,7,12H2,(H2,11,15);(H,6,7). The van der Waals surface area contributed by atoms with Gasteiger partial charge in [0.1, 0.15) is 5.84 Å². The molecule has 1 aliphatic rings. The zero-order valence-corrected chi connectivity index (χ0v) is 11.2. The minimum atomic E-state index is -5.08. The van der Waals surface area contributed by atoms with Crippen LogP contribution in [0.25, 0.3) is 0 Å². The molecule has 2 rings (SSSR count). The number of hydrogen-bond acceptors (Lipinski definition) is 6. The molecule has 22 heavy (non-hydrogen) atoms. The number of aliphatic imine (C=N–C) groups is 1. The Bertz CT molecular complexity index is 574. The fraction of sp³-hybridized carbons (Fsp3) is 0.250. The SMILES string of the molecule is NC1=NC(N)(Cc2ccccn2)NC=C1.O=C(O)C(F)(F)F. The molecule has 0 aliphatic carbocycles. The molecule has 0 saturated heterocycles. The van der Waals surface area contributed by atoms with Crippen molar-refractivity contribution in [1.29, 1.82) is 0 Å². The Morgan fingerprint density at radius 1 is 1.41 bits per heavy atom. The van der Waals surface area contributed by atoms with Gasteiger partial charge >= 0.3 is 12.1 Å². The number of alkyl halides is 3. The molecule has 10 heteroatoms. The van der Waals surface area contributed by atoms with E-state index in [0.717, 1.165) is 5.69 Å². The van der Waals surface area contributed by atoms with Gasteiger partial charge in [-0.2, -0.15) is 13.2 Å². The third kappa shape index (κ3) is 5.79. The van der Waals surface area contributed by atoms with Gasteiger partial charge in [-0.25, -0.2) is 9.79 Å². The summed E-state index contributed by atoms with van der Waals surface area (Å²) >= 11 is 0. The van der Waals surface area contributed by atoms with E-state index in [0.29, 0.717) is 12.3 Å². The summed E-state index contributed by atoms with van der Waals surface area (Å²) in [6.45, 7) is 0. The van der Waals surface area contributed by atoms with Crippen molar-refractivity contribution >= 4 is 11.8 Å². The first-order valence-corrected chi connectivity index (χ1v) is 5.91. The van der Waals surface area contributed by atoms with Crippen LogP contribution in [0.5, 0.6) is 0 Å². The predicted molar refractivity (Wildman–Crippen MR) is 72.4 cm³/mol. The number of carboxylic acids is 1. The summed E-state index contributed by atoms with van der Waals surface area (Å²) in [4.78, 5) is 17.2. The quantitative estimate of drug-likeness (QED) is 0.623. The van der Waals surface area contributed by atoms with Crippen molar-refractivity contribution in [3.05, 3.63) is 42.4 Å². The van der Waals surface area contributed by atoms with Gasteiger partial charge < -0.3 is 16.2 Å². The van der Waals surface area contributed by atoms with Crippen LogP contribution in [0.1, 0.15) is 5.69 Å². The Balaban J connectivity index is 0.000000295. The highest BCUT2D eigenvalue weighted by atomic mass is 19.4. The van der Waals surface area contributed by atoms with Crippen LogP contribution in [-0.4, -0.2) is 33.9 Å². The second-order valence-corrected chi connectivity index (χ2v) is 4.24. The predicted octanol–water partition coefficient (Wildman–Crippen LogP) is 0.344. The largest absolute Gasteiger partial charge is 0.490 e. The molecule has 0 bridgehead atoms. The van der Waals surface area contributed by atoms with E-state index in [1.807, 2.05) is 18.2 Å². The number of halogens is 3. The molecule has 1 atom stereocenters. The van der Waals surface area contributed by atoms with Crippen LogP contribution < -0.4 is 16.8 Å². The lowest BCUT2D eigenvalue weighted by Gasteiger charge is -2.27. The number of carboxylic acid groups (broad SMARTS) is 1. The molecule has 120 valence electrons. The number of nitrogens with zero attached hydrogens (tertiary/aromatic N) is 2. The van der Waals surface area contributed by atoms with Gasteiger partial charge in [0.2, 0.25) is 0 Å². The molecule has 2 heterocycles. The van der Waals surface area contributed by atoms with E-state index in [2.05, 4.69) is 15.3 Å². The Kier molecular flexibility index (Phi) is 5.46. The summed E-state index contributed by atoms with van der Waals surface area (Å²) in [6, 6.07) is 5.68. The molecule has 0 fully saturated rings. The fourth-order valence-electron chi connectivity index (χ4n) is 1.44. The second kappa shape index (κ2) is 6.89. The lowest BCUT2D eigenvalue weighted by molar-refractivity contribution is -0.192. The number of pyridine rings is 1. The average molecular weight is 317 g/mol. The van der Waals surface area contributed by atoms with E-state index in [9.17, 15) is 13.2 Å². The summed E-state index contributed by atoms with van der Waals surface area (Å²) in [6.07, 6.45) is 0.512. The highest BCUT2D eigenvalue weighted by Crippen LogP contribution is 2.13. The van der Waals surface area contributed by atoms with E-state index in [1.54, 1.807) is 18.5 Å². The number of carbonyl (C=O) groups is 1. The minimum Gasteiger partial charge on any atom is -0.475 e. The van der Waals surface area contributed by atoms with Crippen molar-refractivity contribution in [1.82, 2.24) is 10.3 Å². The van der Waals surface area contributed by atoms with Gasteiger partial charge in [0.15, 0.2) is 5.79 Å². The lowest BCUT2D eigenvalue weighted by atomic mass is 10.1. The van der Waals surface area contributed by atoms with Crippen molar-refractivity contribution in [2.45, 2.75) is 18.4 Å². The third-order valence-electron chi connectivity index (χ3n) is 2.34. The zero-order valence-electron chi connectivity index (χ0n) is 11.2. The molecule has 0 amide bonds. The second-order valence-electron chi connectivity index (χ2n) is 4.24. The topological polar surface area (TPSA) is 127 Å². The van der Waals surface area contributed by atoms with Crippen molar-refractivity contribution in [3.8, 4) is 0 Å². The number of rotatable bonds is 2. The number of aromatic nitrogens is 1. The highest BCUT2D eigenvalue weighted by Gasteiger charge is 2.38. The molecule has 1 aliphatic heterocycles. The maximum absolute atomic E-state index is 10.6. The number of hydrogen-bond donors (Lipinski definition) is 4. The van der Waals surface area contributed by atoms with Crippen LogP contribution in [-0.2, 0) is 11.2 Å². The molecule has 0 aromatic carbocycles. The Labute approximate surface area is 123 Å².